The molecule has 1 aliphatic heterocycles. The van der Waals surface area contributed by atoms with Crippen molar-refractivity contribution >= 4 is 17.4 Å². The molecule has 0 aliphatic carbocycles. The van der Waals surface area contributed by atoms with Crippen LogP contribution in [0.3, 0.4) is 0 Å². The van der Waals surface area contributed by atoms with Crippen molar-refractivity contribution in [1.82, 2.24) is 15.6 Å². The second-order valence-electron chi connectivity index (χ2n) is 6.18. The number of ether oxygens (including phenoxy) is 1. The van der Waals surface area contributed by atoms with E-state index in [0.29, 0.717) is 19.0 Å². The molecule has 0 saturated carbocycles. The summed E-state index contributed by atoms with van der Waals surface area (Å²) in [5.74, 6) is 0.526. The third-order valence-corrected chi connectivity index (χ3v) is 4.27. The number of rotatable bonds is 6. The summed E-state index contributed by atoms with van der Waals surface area (Å²) >= 11 is 0. The van der Waals surface area contributed by atoms with Crippen LogP contribution in [0.2, 0.25) is 0 Å². The van der Waals surface area contributed by atoms with Gasteiger partial charge in [0.25, 0.3) is 0 Å². The van der Waals surface area contributed by atoms with E-state index in [1.165, 1.54) is 0 Å². The lowest BCUT2D eigenvalue weighted by Gasteiger charge is -2.22. The smallest absolute Gasteiger partial charge is 0.315 e. The molecule has 3 N–H and O–H groups in total. The van der Waals surface area contributed by atoms with Crippen molar-refractivity contribution in [1.29, 1.82) is 0 Å². The predicted molar refractivity (Wildman–Crippen MR) is 97.7 cm³/mol. The number of anilines is 2. The zero-order valence-electron chi connectivity index (χ0n) is 14.2. The van der Waals surface area contributed by atoms with Gasteiger partial charge in [-0.05, 0) is 48.6 Å². The van der Waals surface area contributed by atoms with E-state index < -0.39 is 0 Å². The van der Waals surface area contributed by atoms with Gasteiger partial charge < -0.3 is 20.7 Å². The molecular formula is C19H24N4O2. The number of carbonyl (C=O) groups excluding carboxylic acids is 1. The van der Waals surface area contributed by atoms with Crippen LogP contribution in [0.1, 0.15) is 18.4 Å². The number of benzene rings is 1. The second kappa shape index (κ2) is 9.03. The molecule has 1 fully saturated rings. The molecule has 0 atom stereocenters. The van der Waals surface area contributed by atoms with Crippen molar-refractivity contribution in [2.45, 2.75) is 19.4 Å². The SMILES string of the molecule is O=C(NCc1ccc(Nc2ccncc2)cc1)NCC1CCOCC1. The molecule has 0 radical (unpaired) electrons. The van der Waals surface area contributed by atoms with Gasteiger partial charge >= 0.3 is 6.03 Å². The Morgan fingerprint density at radius 3 is 2.40 bits per heavy atom. The first-order valence-electron chi connectivity index (χ1n) is 8.65. The highest BCUT2D eigenvalue weighted by molar-refractivity contribution is 5.73. The van der Waals surface area contributed by atoms with Crippen LogP contribution >= 0.6 is 0 Å². The third kappa shape index (κ3) is 5.76. The molecule has 2 amide bonds. The van der Waals surface area contributed by atoms with Crippen LogP contribution in [0.15, 0.2) is 48.8 Å². The number of amides is 2. The highest BCUT2D eigenvalue weighted by atomic mass is 16.5. The van der Waals surface area contributed by atoms with Gasteiger partial charge in [0, 0.05) is 50.1 Å². The van der Waals surface area contributed by atoms with E-state index in [0.717, 1.165) is 43.0 Å². The fraction of sp³-hybridized carbons (Fsp3) is 0.368. The highest BCUT2D eigenvalue weighted by Gasteiger charge is 2.14. The molecule has 25 heavy (non-hydrogen) atoms. The molecule has 2 aromatic rings. The van der Waals surface area contributed by atoms with Crippen LogP contribution in [0.4, 0.5) is 16.2 Å². The Bertz CT molecular complexity index is 655. The third-order valence-electron chi connectivity index (χ3n) is 4.27. The molecule has 6 nitrogen and oxygen atoms in total. The van der Waals surface area contributed by atoms with E-state index in [2.05, 4.69) is 20.9 Å². The minimum absolute atomic E-state index is 0.120. The van der Waals surface area contributed by atoms with Gasteiger partial charge in [-0.2, -0.15) is 0 Å². The normalized spacial score (nSPS) is 14.7. The van der Waals surface area contributed by atoms with E-state index in [-0.39, 0.29) is 6.03 Å². The van der Waals surface area contributed by atoms with Crippen molar-refractivity contribution in [3.63, 3.8) is 0 Å². The van der Waals surface area contributed by atoms with Crippen LogP contribution in [-0.4, -0.2) is 30.8 Å². The topological polar surface area (TPSA) is 75.3 Å². The van der Waals surface area contributed by atoms with Crippen LogP contribution in [0.5, 0.6) is 0 Å². The van der Waals surface area contributed by atoms with Crippen molar-refractivity contribution < 1.29 is 9.53 Å². The Morgan fingerprint density at radius 2 is 1.68 bits per heavy atom. The Balaban J connectivity index is 1.39. The Kier molecular flexibility index (Phi) is 6.23. The van der Waals surface area contributed by atoms with Crippen LogP contribution in [0.25, 0.3) is 0 Å². The molecule has 1 aromatic carbocycles. The van der Waals surface area contributed by atoms with Crippen LogP contribution in [0, 0.1) is 5.92 Å². The molecule has 0 unspecified atom stereocenters. The molecule has 6 heteroatoms. The van der Waals surface area contributed by atoms with Crippen molar-refractivity contribution in [2.75, 3.05) is 25.1 Å². The minimum Gasteiger partial charge on any atom is -0.381 e. The maximum atomic E-state index is 11.9. The molecule has 1 aliphatic rings. The number of hydrogen-bond donors (Lipinski definition) is 3. The maximum absolute atomic E-state index is 11.9. The van der Waals surface area contributed by atoms with Crippen molar-refractivity contribution in [3.8, 4) is 0 Å². The lowest BCUT2D eigenvalue weighted by Crippen LogP contribution is -2.39. The van der Waals surface area contributed by atoms with Crippen molar-refractivity contribution in [2.24, 2.45) is 5.92 Å². The number of nitrogens with zero attached hydrogens (tertiary/aromatic N) is 1. The molecule has 0 bridgehead atoms. The molecule has 132 valence electrons. The van der Waals surface area contributed by atoms with Gasteiger partial charge in [0.05, 0.1) is 0 Å². The maximum Gasteiger partial charge on any atom is 0.315 e. The molecular weight excluding hydrogens is 316 g/mol. The lowest BCUT2D eigenvalue weighted by atomic mass is 10.0. The Labute approximate surface area is 148 Å². The second-order valence-corrected chi connectivity index (χ2v) is 6.18. The average Bonchev–Trinajstić information content (AvgIpc) is 2.67. The van der Waals surface area contributed by atoms with Gasteiger partial charge in [0.1, 0.15) is 0 Å². The Hall–Kier alpha value is -2.60. The van der Waals surface area contributed by atoms with E-state index in [9.17, 15) is 4.79 Å². The summed E-state index contributed by atoms with van der Waals surface area (Å²) in [5, 5.41) is 9.14. The van der Waals surface area contributed by atoms with Gasteiger partial charge in [-0.15, -0.1) is 0 Å². The molecule has 1 saturated heterocycles. The fourth-order valence-corrected chi connectivity index (χ4v) is 2.74. The van der Waals surface area contributed by atoms with Gasteiger partial charge in [-0.3, -0.25) is 4.98 Å². The van der Waals surface area contributed by atoms with Crippen LogP contribution < -0.4 is 16.0 Å². The molecule has 0 spiro atoms. The van der Waals surface area contributed by atoms with Crippen LogP contribution in [-0.2, 0) is 11.3 Å². The summed E-state index contributed by atoms with van der Waals surface area (Å²) in [5.41, 5.74) is 3.05. The van der Waals surface area contributed by atoms with E-state index in [1.54, 1.807) is 12.4 Å². The number of hydrogen-bond acceptors (Lipinski definition) is 4. The van der Waals surface area contributed by atoms with Gasteiger partial charge in [-0.1, -0.05) is 12.1 Å². The Morgan fingerprint density at radius 1 is 1.00 bits per heavy atom. The standard InChI is InChI=1S/C19H24N4O2/c24-19(22-14-16-7-11-25-12-8-16)21-13-15-1-3-17(4-2-15)23-18-5-9-20-10-6-18/h1-6,9-10,16H,7-8,11-14H2,(H,20,23)(H2,21,22,24). The number of aromatic nitrogens is 1. The lowest BCUT2D eigenvalue weighted by molar-refractivity contribution is 0.0669. The number of urea groups is 1. The monoisotopic (exact) mass is 340 g/mol. The summed E-state index contributed by atoms with van der Waals surface area (Å²) in [4.78, 5) is 15.9. The summed E-state index contributed by atoms with van der Waals surface area (Å²) in [6, 6.07) is 11.7. The summed E-state index contributed by atoms with van der Waals surface area (Å²) in [7, 11) is 0. The first kappa shape index (κ1) is 17.2. The summed E-state index contributed by atoms with van der Waals surface area (Å²) in [6.07, 6.45) is 5.54. The summed E-state index contributed by atoms with van der Waals surface area (Å²) in [6.45, 7) is 2.82. The zero-order chi connectivity index (χ0) is 17.3. The average molecular weight is 340 g/mol. The first-order chi connectivity index (χ1) is 12.3. The number of carbonyl (C=O) groups is 1. The van der Waals surface area contributed by atoms with E-state index in [4.69, 9.17) is 4.74 Å². The quantitative estimate of drug-likeness (QED) is 0.755. The molecule has 2 heterocycles. The predicted octanol–water partition coefficient (Wildman–Crippen LogP) is 3.05. The zero-order valence-corrected chi connectivity index (χ0v) is 14.2. The summed E-state index contributed by atoms with van der Waals surface area (Å²) < 4.78 is 5.32. The fourth-order valence-electron chi connectivity index (χ4n) is 2.74. The largest absolute Gasteiger partial charge is 0.381 e. The molecule has 1 aromatic heterocycles. The van der Waals surface area contributed by atoms with Crippen molar-refractivity contribution in [3.05, 3.63) is 54.4 Å². The highest BCUT2D eigenvalue weighted by Crippen LogP contribution is 2.16. The van der Waals surface area contributed by atoms with Gasteiger partial charge in [0.2, 0.25) is 0 Å². The van der Waals surface area contributed by atoms with E-state index >= 15 is 0 Å². The number of nitrogens with one attached hydrogen (secondary N) is 3. The minimum atomic E-state index is -0.120. The van der Waals surface area contributed by atoms with E-state index in [1.807, 2.05) is 36.4 Å². The van der Waals surface area contributed by atoms with Gasteiger partial charge in [-0.25, -0.2) is 4.79 Å². The molecule has 3 rings (SSSR count). The number of pyridine rings is 1. The first-order valence-corrected chi connectivity index (χ1v) is 8.65. The van der Waals surface area contributed by atoms with Gasteiger partial charge in [0.15, 0.2) is 0 Å².